The fourth-order valence-electron chi connectivity index (χ4n) is 1.84. The number of carbonyl (C=O) groups is 2. The van der Waals surface area contributed by atoms with E-state index < -0.39 is 6.03 Å². The summed E-state index contributed by atoms with van der Waals surface area (Å²) in [4.78, 5) is 24.3. The minimum atomic E-state index is -0.412. The van der Waals surface area contributed by atoms with Crippen molar-refractivity contribution in [3.05, 3.63) is 23.1 Å². The van der Waals surface area contributed by atoms with Gasteiger partial charge in [-0.25, -0.2) is 4.79 Å². The van der Waals surface area contributed by atoms with Gasteiger partial charge in [0.15, 0.2) is 5.65 Å². The lowest BCUT2D eigenvalue weighted by atomic mass is 10.2. The minimum Gasteiger partial charge on any atom is -0.292 e. The molecule has 1 saturated heterocycles. The Balaban J connectivity index is 2.03. The zero-order valence-corrected chi connectivity index (χ0v) is 10.7. The molecule has 7 nitrogen and oxygen atoms in total. The summed E-state index contributed by atoms with van der Waals surface area (Å²) in [5, 5.41) is 10.00. The second kappa shape index (κ2) is 4.05. The Kier molecular flexibility index (Phi) is 2.51. The Hall–Kier alpha value is -1.96. The number of imide groups is 1. The van der Waals surface area contributed by atoms with Crippen LogP contribution in [0, 0.1) is 0 Å². The van der Waals surface area contributed by atoms with Gasteiger partial charge in [-0.15, -0.1) is 10.2 Å². The van der Waals surface area contributed by atoms with Crippen molar-refractivity contribution in [2.75, 3.05) is 11.4 Å². The van der Waals surface area contributed by atoms with E-state index in [0.29, 0.717) is 24.3 Å². The average Bonchev–Trinajstić information content (AvgIpc) is 2.77. The highest BCUT2D eigenvalue weighted by atomic mass is 79.9. The van der Waals surface area contributed by atoms with Gasteiger partial charge in [0, 0.05) is 19.2 Å². The van der Waals surface area contributed by atoms with Crippen molar-refractivity contribution >= 4 is 39.2 Å². The molecular weight excluding hydrogens is 302 g/mol. The number of pyridine rings is 1. The molecule has 1 fully saturated rings. The molecule has 1 N–H and O–H groups in total. The quantitative estimate of drug-likeness (QED) is 0.850. The number of halogens is 1. The maximum absolute atomic E-state index is 11.7. The van der Waals surface area contributed by atoms with Gasteiger partial charge in [0.25, 0.3) is 0 Å². The second-order valence-electron chi connectivity index (χ2n) is 3.86. The van der Waals surface area contributed by atoms with E-state index in [1.807, 2.05) is 0 Å². The maximum Gasteiger partial charge on any atom is 0.328 e. The van der Waals surface area contributed by atoms with E-state index in [4.69, 9.17) is 0 Å². The highest BCUT2D eigenvalue weighted by molar-refractivity contribution is 9.10. The Bertz CT molecular complexity index is 653. The SMILES string of the molecule is O=C1CCN(c2cc(Br)c3nncn3c2)C(=O)N1. The second-order valence-corrected chi connectivity index (χ2v) is 4.72. The van der Waals surface area contributed by atoms with Crippen molar-refractivity contribution in [1.82, 2.24) is 19.9 Å². The molecular formula is C10H8BrN5O2. The summed E-state index contributed by atoms with van der Waals surface area (Å²) < 4.78 is 2.45. The Morgan fingerprint density at radius 2 is 2.22 bits per heavy atom. The van der Waals surface area contributed by atoms with Crippen LogP contribution in [0.25, 0.3) is 5.65 Å². The highest BCUT2D eigenvalue weighted by Crippen LogP contribution is 2.24. The summed E-state index contributed by atoms with van der Waals surface area (Å²) in [7, 11) is 0. The van der Waals surface area contributed by atoms with Crippen LogP contribution >= 0.6 is 15.9 Å². The predicted molar refractivity (Wildman–Crippen MR) is 66.2 cm³/mol. The molecule has 1 aliphatic heterocycles. The van der Waals surface area contributed by atoms with E-state index in [1.165, 1.54) is 4.90 Å². The van der Waals surface area contributed by atoms with Gasteiger partial charge in [-0.3, -0.25) is 19.4 Å². The molecule has 0 atom stereocenters. The number of rotatable bonds is 1. The number of amides is 3. The fourth-order valence-corrected chi connectivity index (χ4v) is 2.36. The Labute approximate surface area is 110 Å². The van der Waals surface area contributed by atoms with E-state index in [9.17, 15) is 9.59 Å². The molecule has 0 bridgehead atoms. The van der Waals surface area contributed by atoms with Crippen molar-refractivity contribution in [1.29, 1.82) is 0 Å². The minimum absolute atomic E-state index is 0.249. The van der Waals surface area contributed by atoms with Crippen LogP contribution in [0.2, 0.25) is 0 Å². The zero-order chi connectivity index (χ0) is 12.7. The van der Waals surface area contributed by atoms with E-state index in [-0.39, 0.29) is 5.91 Å². The van der Waals surface area contributed by atoms with Crippen LogP contribution < -0.4 is 10.2 Å². The standard InChI is InChI=1S/C10H8BrN5O2/c11-7-3-6(4-15-5-12-14-9(7)15)16-2-1-8(17)13-10(16)18/h3-5H,1-2H2,(H,13,17,18). The van der Waals surface area contributed by atoms with Crippen LogP contribution in [-0.4, -0.2) is 33.1 Å². The molecule has 92 valence electrons. The van der Waals surface area contributed by atoms with Crippen LogP contribution in [0.5, 0.6) is 0 Å². The van der Waals surface area contributed by atoms with Crippen LogP contribution in [0.4, 0.5) is 10.5 Å². The molecule has 2 aromatic rings. The number of fused-ring (bicyclic) bond motifs is 1. The number of aromatic nitrogens is 3. The summed E-state index contributed by atoms with van der Waals surface area (Å²) in [6.45, 7) is 0.366. The summed E-state index contributed by atoms with van der Waals surface area (Å²) in [6.07, 6.45) is 3.59. The molecule has 3 heterocycles. The molecule has 0 spiro atoms. The number of carbonyl (C=O) groups excluding carboxylic acids is 2. The van der Waals surface area contributed by atoms with Crippen LogP contribution in [0.1, 0.15) is 6.42 Å². The first-order valence-corrected chi connectivity index (χ1v) is 6.05. The summed E-state index contributed by atoms with van der Waals surface area (Å²) >= 11 is 3.38. The lowest BCUT2D eigenvalue weighted by molar-refractivity contribution is -0.120. The van der Waals surface area contributed by atoms with Gasteiger partial charge < -0.3 is 0 Å². The number of hydrogen-bond acceptors (Lipinski definition) is 4. The van der Waals surface area contributed by atoms with E-state index in [1.54, 1.807) is 23.0 Å². The number of urea groups is 1. The van der Waals surface area contributed by atoms with Crippen molar-refractivity contribution < 1.29 is 9.59 Å². The smallest absolute Gasteiger partial charge is 0.292 e. The number of nitrogens with one attached hydrogen (secondary N) is 1. The van der Waals surface area contributed by atoms with Crippen molar-refractivity contribution in [2.24, 2.45) is 0 Å². The fraction of sp³-hybridized carbons (Fsp3) is 0.200. The monoisotopic (exact) mass is 309 g/mol. The van der Waals surface area contributed by atoms with Gasteiger partial charge >= 0.3 is 6.03 Å². The number of hydrogen-bond donors (Lipinski definition) is 1. The first kappa shape index (κ1) is 11.1. The first-order chi connectivity index (χ1) is 8.65. The number of nitrogens with zero attached hydrogens (tertiary/aromatic N) is 4. The molecule has 0 aliphatic carbocycles. The first-order valence-electron chi connectivity index (χ1n) is 5.25. The van der Waals surface area contributed by atoms with Gasteiger partial charge in [0.2, 0.25) is 5.91 Å². The summed E-state index contributed by atoms with van der Waals surface area (Å²) in [5.74, 6) is -0.249. The zero-order valence-electron chi connectivity index (χ0n) is 9.13. The predicted octanol–water partition coefficient (Wildman–Crippen LogP) is 0.938. The molecule has 3 amide bonds. The molecule has 18 heavy (non-hydrogen) atoms. The summed E-state index contributed by atoms with van der Waals surface area (Å²) in [5.41, 5.74) is 1.35. The Morgan fingerprint density at radius 3 is 3.00 bits per heavy atom. The molecule has 1 aliphatic rings. The third-order valence-corrected chi connectivity index (χ3v) is 3.28. The van der Waals surface area contributed by atoms with Gasteiger partial charge in [0.05, 0.1) is 10.2 Å². The lowest BCUT2D eigenvalue weighted by Gasteiger charge is -2.26. The van der Waals surface area contributed by atoms with Gasteiger partial charge in [-0.05, 0) is 22.0 Å². The van der Waals surface area contributed by atoms with Gasteiger partial charge in [0.1, 0.15) is 6.33 Å². The van der Waals surface area contributed by atoms with E-state index >= 15 is 0 Å². The third kappa shape index (κ3) is 1.74. The van der Waals surface area contributed by atoms with Crippen molar-refractivity contribution in [3.63, 3.8) is 0 Å². The highest BCUT2D eigenvalue weighted by Gasteiger charge is 2.24. The molecule has 0 radical (unpaired) electrons. The van der Waals surface area contributed by atoms with Crippen molar-refractivity contribution in [3.8, 4) is 0 Å². The van der Waals surface area contributed by atoms with Gasteiger partial charge in [-0.1, -0.05) is 0 Å². The molecule has 0 saturated carbocycles. The molecule has 2 aromatic heterocycles. The molecule has 3 rings (SSSR count). The molecule has 0 aromatic carbocycles. The lowest BCUT2D eigenvalue weighted by Crippen LogP contribution is -2.49. The largest absolute Gasteiger partial charge is 0.328 e. The maximum atomic E-state index is 11.7. The summed E-state index contributed by atoms with van der Waals surface area (Å²) in [6, 6.07) is 1.37. The van der Waals surface area contributed by atoms with E-state index in [0.717, 1.165) is 4.47 Å². The van der Waals surface area contributed by atoms with E-state index in [2.05, 4.69) is 31.4 Å². The van der Waals surface area contributed by atoms with Crippen molar-refractivity contribution in [2.45, 2.75) is 6.42 Å². The normalized spacial score (nSPS) is 16.2. The number of anilines is 1. The van der Waals surface area contributed by atoms with Crippen LogP contribution in [0.15, 0.2) is 23.1 Å². The molecule has 0 unspecified atom stereocenters. The third-order valence-electron chi connectivity index (χ3n) is 2.70. The topological polar surface area (TPSA) is 79.6 Å². The van der Waals surface area contributed by atoms with Gasteiger partial charge in [-0.2, -0.15) is 0 Å². The van der Waals surface area contributed by atoms with Crippen LogP contribution in [0.3, 0.4) is 0 Å². The molecule has 8 heteroatoms. The Morgan fingerprint density at radius 1 is 1.39 bits per heavy atom. The average molecular weight is 310 g/mol. The van der Waals surface area contributed by atoms with Crippen LogP contribution in [-0.2, 0) is 4.79 Å².